The summed E-state index contributed by atoms with van der Waals surface area (Å²) in [6.07, 6.45) is -4.40. The Kier molecular flexibility index (Phi) is 4.56. The second-order valence-electron chi connectivity index (χ2n) is 4.61. The van der Waals surface area contributed by atoms with Crippen molar-refractivity contribution < 1.29 is 17.6 Å². The second-order valence-corrected chi connectivity index (χ2v) is 5.47. The van der Waals surface area contributed by atoms with E-state index in [1.54, 1.807) is 19.1 Å². The molecule has 0 radical (unpaired) electrons. The molecule has 2 rings (SSSR count). The first-order valence-electron chi connectivity index (χ1n) is 6.16. The van der Waals surface area contributed by atoms with Crippen LogP contribution in [-0.2, 0) is 6.18 Å². The predicted octanol–water partition coefficient (Wildman–Crippen LogP) is 5.78. The topological polar surface area (TPSA) is 12.0 Å². The maximum absolute atomic E-state index is 13.2. The average Bonchev–Trinajstić information content (AvgIpc) is 2.40. The van der Waals surface area contributed by atoms with Gasteiger partial charge in [-0.3, -0.25) is 0 Å². The molecule has 1 atom stereocenters. The van der Waals surface area contributed by atoms with Gasteiger partial charge >= 0.3 is 6.18 Å². The number of alkyl halides is 3. The molecule has 2 aromatic rings. The number of anilines is 1. The van der Waals surface area contributed by atoms with Crippen LogP contribution in [0.1, 0.15) is 24.1 Å². The molecule has 0 saturated carbocycles. The SMILES string of the molecule is CC(Nc1cc(C(F)(F)F)ccc1Br)c1cccc(F)c1. The van der Waals surface area contributed by atoms with Crippen LogP contribution in [0.4, 0.5) is 23.2 Å². The van der Waals surface area contributed by atoms with Gasteiger partial charge in [0.05, 0.1) is 5.56 Å². The van der Waals surface area contributed by atoms with Gasteiger partial charge in [0.1, 0.15) is 5.82 Å². The molecule has 0 aliphatic heterocycles. The number of nitrogens with one attached hydrogen (secondary N) is 1. The molecular formula is C15H12BrF4N. The van der Waals surface area contributed by atoms with Gasteiger partial charge in [-0.2, -0.15) is 13.2 Å². The summed E-state index contributed by atoms with van der Waals surface area (Å²) in [7, 11) is 0. The fraction of sp³-hybridized carbons (Fsp3) is 0.200. The summed E-state index contributed by atoms with van der Waals surface area (Å²) in [6.45, 7) is 1.75. The van der Waals surface area contributed by atoms with Crippen LogP contribution in [0.2, 0.25) is 0 Å². The summed E-state index contributed by atoms with van der Waals surface area (Å²) in [6, 6.07) is 8.97. The van der Waals surface area contributed by atoms with Crippen molar-refractivity contribution in [1.29, 1.82) is 0 Å². The first-order chi connectivity index (χ1) is 9.77. The van der Waals surface area contributed by atoms with E-state index in [1.807, 2.05) is 0 Å². The molecule has 0 fully saturated rings. The van der Waals surface area contributed by atoms with Gasteiger partial charge in [-0.05, 0) is 58.7 Å². The molecular weight excluding hydrogens is 350 g/mol. The lowest BCUT2D eigenvalue weighted by molar-refractivity contribution is -0.137. The molecule has 0 aromatic heterocycles. The lowest BCUT2D eigenvalue weighted by Gasteiger charge is -2.18. The van der Waals surface area contributed by atoms with Gasteiger partial charge in [-0.1, -0.05) is 12.1 Å². The minimum absolute atomic E-state index is 0.307. The van der Waals surface area contributed by atoms with Crippen LogP contribution in [0.3, 0.4) is 0 Å². The van der Waals surface area contributed by atoms with Crippen LogP contribution in [0.15, 0.2) is 46.9 Å². The zero-order valence-electron chi connectivity index (χ0n) is 11.0. The van der Waals surface area contributed by atoms with Crippen LogP contribution < -0.4 is 5.32 Å². The van der Waals surface area contributed by atoms with Crippen molar-refractivity contribution in [2.24, 2.45) is 0 Å². The van der Waals surface area contributed by atoms with E-state index >= 15 is 0 Å². The molecule has 112 valence electrons. The molecule has 0 heterocycles. The number of benzene rings is 2. The molecule has 2 aromatic carbocycles. The molecule has 6 heteroatoms. The quantitative estimate of drug-likeness (QED) is 0.683. The van der Waals surface area contributed by atoms with E-state index in [9.17, 15) is 17.6 Å². The van der Waals surface area contributed by atoms with Crippen molar-refractivity contribution in [2.45, 2.75) is 19.1 Å². The van der Waals surface area contributed by atoms with Crippen LogP contribution in [-0.4, -0.2) is 0 Å². The summed E-state index contributed by atoms with van der Waals surface area (Å²) >= 11 is 3.21. The van der Waals surface area contributed by atoms with Crippen molar-refractivity contribution in [3.05, 3.63) is 63.9 Å². The van der Waals surface area contributed by atoms with Crippen LogP contribution in [0.5, 0.6) is 0 Å². The van der Waals surface area contributed by atoms with Gasteiger partial charge in [0.15, 0.2) is 0 Å². The summed E-state index contributed by atoms with van der Waals surface area (Å²) < 4.78 is 51.9. The molecule has 0 aliphatic rings. The molecule has 0 bridgehead atoms. The van der Waals surface area contributed by atoms with Gasteiger partial charge in [0, 0.05) is 16.2 Å². The average molecular weight is 362 g/mol. The zero-order chi connectivity index (χ0) is 15.6. The zero-order valence-corrected chi connectivity index (χ0v) is 12.6. The van der Waals surface area contributed by atoms with Crippen molar-refractivity contribution >= 4 is 21.6 Å². The Labute approximate surface area is 128 Å². The van der Waals surface area contributed by atoms with Crippen LogP contribution in [0.25, 0.3) is 0 Å². The van der Waals surface area contributed by atoms with Crippen LogP contribution >= 0.6 is 15.9 Å². The minimum atomic E-state index is -4.40. The monoisotopic (exact) mass is 361 g/mol. The number of rotatable bonds is 3. The highest BCUT2D eigenvalue weighted by Gasteiger charge is 2.31. The highest BCUT2D eigenvalue weighted by molar-refractivity contribution is 9.10. The van der Waals surface area contributed by atoms with Crippen molar-refractivity contribution in [2.75, 3.05) is 5.32 Å². The number of hydrogen-bond acceptors (Lipinski definition) is 1. The normalized spacial score (nSPS) is 13.0. The molecule has 1 nitrogen and oxygen atoms in total. The standard InChI is InChI=1S/C15H12BrF4N/c1-9(10-3-2-4-12(17)7-10)21-14-8-11(15(18,19)20)5-6-13(14)16/h2-9,21H,1H3. The molecule has 0 saturated heterocycles. The molecule has 0 aliphatic carbocycles. The van der Waals surface area contributed by atoms with E-state index in [2.05, 4.69) is 21.2 Å². The number of halogens is 5. The predicted molar refractivity (Wildman–Crippen MR) is 77.6 cm³/mol. The van der Waals surface area contributed by atoms with Gasteiger partial charge in [0.2, 0.25) is 0 Å². The molecule has 1 N–H and O–H groups in total. The van der Waals surface area contributed by atoms with Gasteiger partial charge < -0.3 is 5.32 Å². The molecule has 1 unspecified atom stereocenters. The third kappa shape index (κ3) is 3.97. The number of hydrogen-bond donors (Lipinski definition) is 1. The summed E-state index contributed by atoms with van der Waals surface area (Å²) in [5.74, 6) is -0.385. The van der Waals surface area contributed by atoms with E-state index < -0.39 is 11.7 Å². The molecule has 21 heavy (non-hydrogen) atoms. The van der Waals surface area contributed by atoms with Crippen molar-refractivity contribution in [3.63, 3.8) is 0 Å². The van der Waals surface area contributed by atoms with Crippen molar-refractivity contribution in [3.8, 4) is 0 Å². The van der Waals surface area contributed by atoms with E-state index in [0.717, 1.165) is 12.1 Å². The maximum Gasteiger partial charge on any atom is 0.416 e. The maximum atomic E-state index is 13.2. The van der Waals surface area contributed by atoms with Gasteiger partial charge in [0.25, 0.3) is 0 Å². The highest BCUT2D eigenvalue weighted by Crippen LogP contribution is 2.35. The van der Waals surface area contributed by atoms with Gasteiger partial charge in [-0.25, -0.2) is 4.39 Å². The third-order valence-corrected chi connectivity index (χ3v) is 3.71. The first kappa shape index (κ1) is 15.8. The Hall–Kier alpha value is -1.56. The van der Waals surface area contributed by atoms with Gasteiger partial charge in [-0.15, -0.1) is 0 Å². The Morgan fingerprint density at radius 3 is 2.43 bits per heavy atom. The fourth-order valence-electron chi connectivity index (χ4n) is 1.90. The lowest BCUT2D eigenvalue weighted by atomic mass is 10.1. The van der Waals surface area contributed by atoms with Crippen LogP contribution in [0, 0.1) is 5.82 Å². The van der Waals surface area contributed by atoms with E-state index in [4.69, 9.17) is 0 Å². The van der Waals surface area contributed by atoms with E-state index in [0.29, 0.717) is 15.7 Å². The first-order valence-corrected chi connectivity index (χ1v) is 6.95. The van der Waals surface area contributed by atoms with Crippen molar-refractivity contribution in [1.82, 2.24) is 0 Å². The van der Waals surface area contributed by atoms with E-state index in [-0.39, 0.29) is 11.9 Å². The largest absolute Gasteiger partial charge is 0.416 e. The second kappa shape index (κ2) is 6.05. The fourth-order valence-corrected chi connectivity index (χ4v) is 2.27. The highest BCUT2D eigenvalue weighted by atomic mass is 79.9. The third-order valence-electron chi connectivity index (χ3n) is 3.01. The lowest BCUT2D eigenvalue weighted by Crippen LogP contribution is -2.10. The van der Waals surface area contributed by atoms with E-state index in [1.165, 1.54) is 18.2 Å². The molecule has 0 amide bonds. The summed E-state index contributed by atoms with van der Waals surface area (Å²) in [4.78, 5) is 0. The molecule has 0 spiro atoms. The Morgan fingerprint density at radius 1 is 1.10 bits per heavy atom. The summed E-state index contributed by atoms with van der Waals surface area (Å²) in [5.41, 5.74) is 0.223. The Bertz CT molecular complexity index is 640. The Morgan fingerprint density at radius 2 is 1.81 bits per heavy atom. The Balaban J connectivity index is 2.26. The minimum Gasteiger partial charge on any atom is -0.378 e. The summed E-state index contributed by atoms with van der Waals surface area (Å²) in [5, 5.41) is 2.95. The smallest absolute Gasteiger partial charge is 0.378 e.